The van der Waals surface area contributed by atoms with Gasteiger partial charge in [0, 0.05) is 15.7 Å². The van der Waals surface area contributed by atoms with E-state index in [0.717, 1.165) is 5.56 Å². The zero-order chi connectivity index (χ0) is 19.4. The summed E-state index contributed by atoms with van der Waals surface area (Å²) in [7, 11) is -3.99. The monoisotopic (exact) mass is 443 g/mol. The molecule has 0 spiro atoms. The number of amides is 1. The van der Waals surface area contributed by atoms with Crippen LogP contribution in [0.3, 0.4) is 0 Å². The van der Waals surface area contributed by atoms with Gasteiger partial charge >= 0.3 is 0 Å². The average Bonchev–Trinajstić information content (AvgIpc) is 2.64. The molecule has 0 saturated heterocycles. The zero-order valence-electron chi connectivity index (χ0n) is 14.4. The smallest absolute Gasteiger partial charge is 0.255 e. The number of nitrogens with one attached hydrogen (secondary N) is 1. The summed E-state index contributed by atoms with van der Waals surface area (Å²) in [5, 5.41) is 2.73. The SMILES string of the molecule is Cc1ccc([N-]S(=O)(=O)c2cc(C(=O)Nc3ccccc3)ccc2Br)cc1. The summed E-state index contributed by atoms with van der Waals surface area (Å²) in [4.78, 5) is 12.4. The first-order valence-electron chi connectivity index (χ1n) is 8.06. The van der Waals surface area contributed by atoms with Gasteiger partial charge in [0.05, 0.1) is 4.90 Å². The second-order valence-electron chi connectivity index (χ2n) is 5.87. The van der Waals surface area contributed by atoms with Gasteiger partial charge in [0.25, 0.3) is 5.91 Å². The van der Waals surface area contributed by atoms with E-state index in [1.54, 1.807) is 54.6 Å². The van der Waals surface area contributed by atoms with E-state index in [2.05, 4.69) is 26.0 Å². The van der Waals surface area contributed by atoms with Crippen molar-refractivity contribution in [1.29, 1.82) is 0 Å². The van der Waals surface area contributed by atoms with Crippen LogP contribution in [-0.4, -0.2) is 14.3 Å². The number of para-hydroxylation sites is 1. The van der Waals surface area contributed by atoms with Crippen LogP contribution in [0.15, 0.2) is 82.2 Å². The summed E-state index contributed by atoms with van der Waals surface area (Å²) >= 11 is 3.24. The standard InChI is InChI=1S/C20H16BrN2O3S/c1-14-7-10-17(11-8-14)23-27(25,26)19-13-15(9-12-18(19)21)20(24)22-16-5-3-2-4-6-16/h2-13H,1H3,(H,22,24)/q-1. The molecule has 3 aromatic carbocycles. The third-order valence-electron chi connectivity index (χ3n) is 3.76. The van der Waals surface area contributed by atoms with Gasteiger partial charge < -0.3 is 10.0 Å². The van der Waals surface area contributed by atoms with Gasteiger partial charge in [0.15, 0.2) is 0 Å². The van der Waals surface area contributed by atoms with Crippen molar-refractivity contribution in [3.8, 4) is 0 Å². The lowest BCUT2D eigenvalue weighted by atomic mass is 10.2. The number of carbonyl (C=O) groups excluding carboxylic acids is 1. The Kier molecular flexibility index (Phi) is 5.62. The highest BCUT2D eigenvalue weighted by molar-refractivity contribution is 9.10. The first-order valence-corrected chi connectivity index (χ1v) is 10.3. The van der Waals surface area contributed by atoms with E-state index in [1.165, 1.54) is 12.1 Å². The fraction of sp³-hybridized carbons (Fsp3) is 0.0500. The number of anilines is 1. The van der Waals surface area contributed by atoms with Crippen LogP contribution in [0.2, 0.25) is 0 Å². The highest BCUT2D eigenvalue weighted by Crippen LogP contribution is 2.32. The lowest BCUT2D eigenvalue weighted by Crippen LogP contribution is -2.12. The van der Waals surface area contributed by atoms with Crippen molar-refractivity contribution in [3.05, 3.63) is 93.1 Å². The highest BCUT2D eigenvalue weighted by Gasteiger charge is 2.14. The normalized spacial score (nSPS) is 11.0. The molecule has 0 aliphatic rings. The van der Waals surface area contributed by atoms with Gasteiger partial charge in [0.2, 0.25) is 0 Å². The van der Waals surface area contributed by atoms with Crippen molar-refractivity contribution in [3.63, 3.8) is 0 Å². The predicted molar refractivity (Wildman–Crippen MR) is 110 cm³/mol. The topological polar surface area (TPSA) is 77.3 Å². The van der Waals surface area contributed by atoms with E-state index in [-0.39, 0.29) is 10.5 Å². The van der Waals surface area contributed by atoms with Crippen molar-refractivity contribution in [2.75, 3.05) is 5.32 Å². The fourth-order valence-electron chi connectivity index (χ4n) is 2.36. The Labute approximate surface area is 166 Å². The molecule has 0 heterocycles. The number of halogens is 1. The molecule has 0 aliphatic carbocycles. The number of rotatable bonds is 5. The summed E-state index contributed by atoms with van der Waals surface area (Å²) in [5.74, 6) is -0.402. The number of nitrogens with zero attached hydrogens (tertiary/aromatic N) is 1. The van der Waals surface area contributed by atoms with Gasteiger partial charge in [-0.25, -0.2) is 8.42 Å². The van der Waals surface area contributed by atoms with Gasteiger partial charge in [-0.2, -0.15) is 0 Å². The van der Waals surface area contributed by atoms with Crippen LogP contribution in [0.1, 0.15) is 15.9 Å². The second kappa shape index (κ2) is 7.94. The molecule has 0 aliphatic heterocycles. The Hall–Kier alpha value is -2.64. The number of benzene rings is 3. The lowest BCUT2D eigenvalue weighted by molar-refractivity contribution is 0.102. The molecular formula is C20H16BrN2O3S-. The predicted octanol–water partition coefficient (Wildman–Crippen LogP) is 5.40. The van der Waals surface area contributed by atoms with Gasteiger partial charge in [-0.1, -0.05) is 48.0 Å². The third kappa shape index (κ3) is 4.75. The van der Waals surface area contributed by atoms with Gasteiger partial charge in [-0.05, 0) is 53.2 Å². The molecule has 5 nitrogen and oxygen atoms in total. The van der Waals surface area contributed by atoms with E-state index in [4.69, 9.17) is 0 Å². The Bertz CT molecular complexity index is 1070. The third-order valence-corrected chi connectivity index (χ3v) is 6.06. The molecule has 0 saturated carbocycles. The maximum absolute atomic E-state index is 12.7. The van der Waals surface area contributed by atoms with Crippen molar-refractivity contribution >= 4 is 43.2 Å². The van der Waals surface area contributed by atoms with E-state index in [0.29, 0.717) is 15.8 Å². The molecule has 1 N–H and O–H groups in total. The first-order chi connectivity index (χ1) is 12.8. The summed E-state index contributed by atoms with van der Waals surface area (Å²) in [6.45, 7) is 1.91. The van der Waals surface area contributed by atoms with Crippen molar-refractivity contribution in [2.24, 2.45) is 0 Å². The first kappa shape index (κ1) is 19.1. The van der Waals surface area contributed by atoms with E-state index < -0.39 is 15.9 Å². The van der Waals surface area contributed by atoms with Crippen LogP contribution in [0.25, 0.3) is 4.72 Å². The van der Waals surface area contributed by atoms with Gasteiger partial charge in [-0.15, -0.1) is 5.69 Å². The number of hydrogen-bond acceptors (Lipinski definition) is 3. The molecule has 1 amide bonds. The van der Waals surface area contributed by atoms with Crippen LogP contribution >= 0.6 is 15.9 Å². The summed E-state index contributed by atoms with van der Waals surface area (Å²) in [5.41, 5.74) is 2.18. The minimum atomic E-state index is -3.99. The van der Waals surface area contributed by atoms with Crippen molar-refractivity contribution in [2.45, 2.75) is 11.8 Å². The number of aryl methyl sites for hydroxylation is 1. The Morgan fingerprint density at radius 2 is 1.63 bits per heavy atom. The maximum Gasteiger partial charge on any atom is 0.255 e. The minimum Gasteiger partial charge on any atom is -0.573 e. The zero-order valence-corrected chi connectivity index (χ0v) is 16.8. The van der Waals surface area contributed by atoms with Crippen LogP contribution in [0.5, 0.6) is 0 Å². The highest BCUT2D eigenvalue weighted by atomic mass is 79.9. The molecule has 0 radical (unpaired) electrons. The molecule has 0 bridgehead atoms. The Morgan fingerprint density at radius 3 is 2.30 bits per heavy atom. The van der Waals surface area contributed by atoms with Crippen LogP contribution < -0.4 is 5.32 Å². The van der Waals surface area contributed by atoms with Crippen LogP contribution in [0, 0.1) is 6.92 Å². The molecule has 0 aromatic heterocycles. The minimum absolute atomic E-state index is 0.0659. The van der Waals surface area contributed by atoms with E-state index in [1.807, 2.05) is 13.0 Å². The molecule has 3 rings (SSSR count). The van der Waals surface area contributed by atoms with E-state index >= 15 is 0 Å². The van der Waals surface area contributed by atoms with Gasteiger partial charge in [0.1, 0.15) is 10.0 Å². The molecule has 0 atom stereocenters. The lowest BCUT2D eigenvalue weighted by Gasteiger charge is -2.23. The molecule has 0 unspecified atom stereocenters. The Balaban J connectivity index is 1.88. The molecule has 27 heavy (non-hydrogen) atoms. The summed E-state index contributed by atoms with van der Waals surface area (Å²) in [6, 6.07) is 20.2. The van der Waals surface area contributed by atoms with Crippen molar-refractivity contribution in [1.82, 2.24) is 0 Å². The van der Waals surface area contributed by atoms with Gasteiger partial charge in [-0.3, -0.25) is 4.79 Å². The number of carbonyl (C=O) groups is 1. The second-order valence-corrected chi connectivity index (χ2v) is 8.29. The largest absolute Gasteiger partial charge is 0.573 e. The fourth-order valence-corrected chi connectivity index (χ4v) is 4.31. The molecule has 3 aromatic rings. The summed E-state index contributed by atoms with van der Waals surface area (Å²) < 4.78 is 29.6. The molecule has 138 valence electrons. The van der Waals surface area contributed by atoms with E-state index in [9.17, 15) is 13.2 Å². The Morgan fingerprint density at radius 1 is 0.963 bits per heavy atom. The van der Waals surface area contributed by atoms with Crippen molar-refractivity contribution < 1.29 is 13.2 Å². The maximum atomic E-state index is 12.7. The molecule has 0 fully saturated rings. The quantitative estimate of drug-likeness (QED) is 0.572. The summed E-state index contributed by atoms with van der Waals surface area (Å²) in [6.07, 6.45) is 0. The number of sulfonamides is 1. The number of hydrogen-bond donors (Lipinski definition) is 1. The molecular weight excluding hydrogens is 428 g/mol. The average molecular weight is 444 g/mol. The van der Waals surface area contributed by atoms with Crippen LogP contribution in [0.4, 0.5) is 11.4 Å². The molecule has 7 heteroatoms. The van der Waals surface area contributed by atoms with Crippen LogP contribution in [-0.2, 0) is 10.0 Å².